The van der Waals surface area contributed by atoms with Crippen molar-refractivity contribution in [3.63, 3.8) is 0 Å². The highest BCUT2D eigenvalue weighted by Gasteiger charge is 2.26. The van der Waals surface area contributed by atoms with E-state index in [1.807, 2.05) is 18.2 Å². The van der Waals surface area contributed by atoms with E-state index < -0.39 is 0 Å². The average Bonchev–Trinajstić information content (AvgIpc) is 2.82. The summed E-state index contributed by atoms with van der Waals surface area (Å²) in [4.78, 5) is 0. The molecular weight excluding hydrogens is 264 g/mol. The summed E-state index contributed by atoms with van der Waals surface area (Å²) in [5.74, 6) is 1.41. The Bertz CT molecular complexity index is 807. The molecule has 0 bridgehead atoms. The minimum atomic E-state index is -0.0504. The van der Waals surface area contributed by atoms with Crippen molar-refractivity contribution in [2.24, 2.45) is 0 Å². The van der Waals surface area contributed by atoms with E-state index in [9.17, 15) is 0 Å². The summed E-state index contributed by atoms with van der Waals surface area (Å²) in [6.07, 6.45) is 0. The third-order valence-corrected chi connectivity index (χ3v) is 3.80. The van der Waals surface area contributed by atoms with Gasteiger partial charge < -0.3 is 13.9 Å². The molecule has 110 valence electrons. The van der Waals surface area contributed by atoms with E-state index in [0.29, 0.717) is 5.75 Å². The largest absolute Gasteiger partial charge is 0.492 e. The molecule has 0 N–H and O–H groups in total. The molecule has 0 aliphatic heterocycles. The summed E-state index contributed by atoms with van der Waals surface area (Å²) in [6.45, 7) is 6.50. The fourth-order valence-corrected chi connectivity index (χ4v) is 2.76. The van der Waals surface area contributed by atoms with Gasteiger partial charge in [-0.2, -0.15) is 0 Å². The SMILES string of the molecule is COc1c(C(C)(C)C)cc2c(oc3ccccc32)c1OC. The molecule has 0 atom stereocenters. The predicted molar refractivity (Wildman–Crippen MR) is 85.5 cm³/mol. The highest BCUT2D eigenvalue weighted by molar-refractivity contribution is 6.08. The molecule has 21 heavy (non-hydrogen) atoms. The first-order valence-electron chi connectivity index (χ1n) is 7.04. The zero-order chi connectivity index (χ0) is 15.2. The number of ether oxygens (including phenoxy) is 2. The van der Waals surface area contributed by atoms with Crippen LogP contribution in [0.3, 0.4) is 0 Å². The summed E-state index contributed by atoms with van der Waals surface area (Å²) in [7, 11) is 3.32. The standard InChI is InChI=1S/C18H20O3/c1-18(2,3)13-10-12-11-8-6-7-9-14(11)21-15(12)17(20-5)16(13)19-4/h6-10H,1-5H3. The number of hydrogen-bond donors (Lipinski definition) is 0. The Morgan fingerprint density at radius 3 is 2.19 bits per heavy atom. The normalized spacial score (nSPS) is 12.0. The number of para-hydroxylation sites is 1. The van der Waals surface area contributed by atoms with Crippen molar-refractivity contribution in [3.8, 4) is 11.5 Å². The molecule has 3 heteroatoms. The molecule has 2 aromatic carbocycles. The first-order chi connectivity index (χ1) is 9.97. The van der Waals surface area contributed by atoms with Gasteiger partial charge >= 0.3 is 0 Å². The van der Waals surface area contributed by atoms with E-state index in [0.717, 1.165) is 33.3 Å². The van der Waals surface area contributed by atoms with Crippen LogP contribution < -0.4 is 9.47 Å². The monoisotopic (exact) mass is 284 g/mol. The van der Waals surface area contributed by atoms with Gasteiger partial charge in [-0.05, 0) is 17.5 Å². The minimum absolute atomic E-state index is 0.0504. The number of rotatable bonds is 2. The Labute approximate surface area is 124 Å². The number of methoxy groups -OCH3 is 2. The van der Waals surface area contributed by atoms with Crippen molar-refractivity contribution in [2.45, 2.75) is 26.2 Å². The summed E-state index contributed by atoms with van der Waals surface area (Å²) in [6, 6.07) is 10.2. The summed E-state index contributed by atoms with van der Waals surface area (Å²) >= 11 is 0. The van der Waals surface area contributed by atoms with Crippen LogP contribution in [0.25, 0.3) is 21.9 Å². The summed E-state index contributed by atoms with van der Waals surface area (Å²) in [5, 5.41) is 2.16. The maximum Gasteiger partial charge on any atom is 0.204 e. The minimum Gasteiger partial charge on any atom is -0.492 e. The second-order valence-corrected chi connectivity index (χ2v) is 6.22. The van der Waals surface area contributed by atoms with Crippen LogP contribution in [0.1, 0.15) is 26.3 Å². The molecule has 1 aromatic heterocycles. The molecule has 0 fully saturated rings. The Hall–Kier alpha value is -2.16. The average molecular weight is 284 g/mol. The lowest BCUT2D eigenvalue weighted by Gasteiger charge is -2.23. The summed E-state index contributed by atoms with van der Waals surface area (Å²) < 4.78 is 17.2. The van der Waals surface area contributed by atoms with Gasteiger partial charge in [-0.1, -0.05) is 39.0 Å². The molecule has 3 aromatic rings. The predicted octanol–water partition coefficient (Wildman–Crippen LogP) is 4.90. The third kappa shape index (κ3) is 2.04. The smallest absolute Gasteiger partial charge is 0.204 e. The Balaban J connectivity index is 2.51. The molecule has 0 saturated heterocycles. The first-order valence-corrected chi connectivity index (χ1v) is 7.04. The molecular formula is C18H20O3. The van der Waals surface area contributed by atoms with E-state index in [1.165, 1.54) is 0 Å². The number of hydrogen-bond acceptors (Lipinski definition) is 3. The van der Waals surface area contributed by atoms with Gasteiger partial charge in [-0.15, -0.1) is 0 Å². The van der Waals surface area contributed by atoms with Gasteiger partial charge in [0.1, 0.15) is 5.58 Å². The third-order valence-electron chi connectivity index (χ3n) is 3.80. The maximum atomic E-state index is 5.98. The molecule has 0 aliphatic rings. The second-order valence-electron chi connectivity index (χ2n) is 6.22. The van der Waals surface area contributed by atoms with Crippen molar-refractivity contribution >= 4 is 21.9 Å². The van der Waals surface area contributed by atoms with E-state index in [2.05, 4.69) is 32.9 Å². The van der Waals surface area contributed by atoms with Crippen LogP contribution in [0.4, 0.5) is 0 Å². The van der Waals surface area contributed by atoms with Crippen molar-refractivity contribution in [1.82, 2.24) is 0 Å². The van der Waals surface area contributed by atoms with Crippen molar-refractivity contribution in [3.05, 3.63) is 35.9 Å². The number of fused-ring (bicyclic) bond motifs is 3. The Morgan fingerprint density at radius 2 is 1.57 bits per heavy atom. The van der Waals surface area contributed by atoms with Gasteiger partial charge in [0.2, 0.25) is 5.75 Å². The molecule has 0 radical (unpaired) electrons. The van der Waals surface area contributed by atoms with E-state index in [-0.39, 0.29) is 5.41 Å². The maximum absolute atomic E-state index is 5.98. The van der Waals surface area contributed by atoms with Crippen LogP contribution in [0.15, 0.2) is 34.7 Å². The number of furan rings is 1. The quantitative estimate of drug-likeness (QED) is 0.670. The van der Waals surface area contributed by atoms with Gasteiger partial charge in [0.15, 0.2) is 11.3 Å². The molecule has 0 aliphatic carbocycles. The molecule has 1 heterocycles. The lowest BCUT2D eigenvalue weighted by atomic mass is 9.85. The van der Waals surface area contributed by atoms with E-state index in [4.69, 9.17) is 13.9 Å². The fraction of sp³-hybridized carbons (Fsp3) is 0.333. The van der Waals surface area contributed by atoms with E-state index >= 15 is 0 Å². The van der Waals surface area contributed by atoms with Crippen molar-refractivity contribution < 1.29 is 13.9 Å². The van der Waals surface area contributed by atoms with Crippen molar-refractivity contribution in [2.75, 3.05) is 14.2 Å². The zero-order valence-electron chi connectivity index (χ0n) is 13.1. The van der Waals surface area contributed by atoms with E-state index in [1.54, 1.807) is 14.2 Å². The van der Waals surface area contributed by atoms with Crippen molar-refractivity contribution in [1.29, 1.82) is 0 Å². The highest BCUT2D eigenvalue weighted by Crippen LogP contribution is 2.46. The van der Waals surface area contributed by atoms with Crippen LogP contribution >= 0.6 is 0 Å². The lowest BCUT2D eigenvalue weighted by Crippen LogP contribution is -2.13. The highest BCUT2D eigenvalue weighted by atomic mass is 16.5. The van der Waals surface area contributed by atoms with Gasteiger partial charge in [0.05, 0.1) is 14.2 Å². The lowest BCUT2D eigenvalue weighted by molar-refractivity contribution is 0.345. The Kier molecular flexibility index (Phi) is 3.08. The van der Waals surface area contributed by atoms with Crippen LogP contribution in [0, 0.1) is 0 Å². The van der Waals surface area contributed by atoms with Crippen LogP contribution in [0.2, 0.25) is 0 Å². The van der Waals surface area contributed by atoms with Crippen LogP contribution in [0.5, 0.6) is 11.5 Å². The number of benzene rings is 2. The first kappa shape index (κ1) is 13.8. The molecule has 0 saturated carbocycles. The fourth-order valence-electron chi connectivity index (χ4n) is 2.76. The van der Waals surface area contributed by atoms with Crippen LogP contribution in [-0.4, -0.2) is 14.2 Å². The molecule has 0 unspecified atom stereocenters. The van der Waals surface area contributed by atoms with Gasteiger partial charge in [0, 0.05) is 16.3 Å². The van der Waals surface area contributed by atoms with Gasteiger partial charge in [-0.3, -0.25) is 0 Å². The molecule has 3 rings (SSSR count). The topological polar surface area (TPSA) is 31.6 Å². The van der Waals surface area contributed by atoms with Gasteiger partial charge in [-0.25, -0.2) is 0 Å². The zero-order valence-corrected chi connectivity index (χ0v) is 13.1. The van der Waals surface area contributed by atoms with Gasteiger partial charge in [0.25, 0.3) is 0 Å². The van der Waals surface area contributed by atoms with Crippen LogP contribution in [-0.2, 0) is 5.41 Å². The second kappa shape index (κ2) is 4.69. The molecule has 0 spiro atoms. The molecule has 0 amide bonds. The Morgan fingerprint density at radius 1 is 0.905 bits per heavy atom. The molecule has 3 nitrogen and oxygen atoms in total. The summed E-state index contributed by atoms with van der Waals surface area (Å²) in [5.41, 5.74) is 2.66.